The van der Waals surface area contributed by atoms with E-state index in [0.29, 0.717) is 0 Å². The summed E-state index contributed by atoms with van der Waals surface area (Å²) in [6.07, 6.45) is -3.31. The summed E-state index contributed by atoms with van der Waals surface area (Å²) in [5, 5.41) is 18.4. The van der Waals surface area contributed by atoms with Gasteiger partial charge in [-0.15, -0.1) is 0 Å². The second-order valence-electron chi connectivity index (χ2n) is 2.73. The molecule has 8 heteroatoms. The van der Waals surface area contributed by atoms with Crippen molar-refractivity contribution >= 4 is 17.4 Å². The van der Waals surface area contributed by atoms with E-state index in [2.05, 4.69) is 4.98 Å². The predicted octanol–water partition coefficient (Wildman–Crippen LogP) is 2.65. The van der Waals surface area contributed by atoms with Gasteiger partial charge in [0, 0.05) is 6.07 Å². The molecular weight excluding hydrogens is 244 g/mol. The van der Waals surface area contributed by atoms with Crippen LogP contribution >= 0.6 is 11.6 Å². The number of halogens is 3. The third-order valence-corrected chi connectivity index (χ3v) is 2.14. The van der Waals surface area contributed by atoms with E-state index >= 15 is 0 Å². The zero-order chi connectivity index (χ0) is 12.3. The minimum atomic E-state index is -3.02. The Kier molecular flexibility index (Phi) is 3.68. The van der Waals surface area contributed by atoms with Crippen molar-refractivity contribution in [3.8, 4) is 6.07 Å². The number of nitrogens with zero attached hydrogens (tertiary/aromatic N) is 3. The topological polar surface area (TPSA) is 79.8 Å². The predicted molar refractivity (Wildman–Crippen MR) is 50.2 cm³/mol. The van der Waals surface area contributed by atoms with Gasteiger partial charge in [-0.1, -0.05) is 11.6 Å². The van der Waals surface area contributed by atoms with Crippen molar-refractivity contribution in [2.75, 3.05) is 0 Å². The average Bonchev–Trinajstić information content (AvgIpc) is 2.20. The molecule has 16 heavy (non-hydrogen) atoms. The van der Waals surface area contributed by atoms with Crippen LogP contribution < -0.4 is 0 Å². The fourth-order valence-corrected chi connectivity index (χ4v) is 1.29. The van der Waals surface area contributed by atoms with Crippen LogP contribution in [0.4, 0.5) is 14.6 Å². The van der Waals surface area contributed by atoms with Gasteiger partial charge in [-0.2, -0.15) is 5.26 Å². The Morgan fingerprint density at radius 1 is 1.69 bits per heavy atom. The molecule has 0 atom stereocenters. The van der Waals surface area contributed by atoms with Crippen molar-refractivity contribution in [2.45, 2.75) is 12.8 Å². The standard InChI is InChI=1S/C8H4ClF2N3O2/c9-6-4(1-2-12)3-5(14(15)16)13-7(6)8(10)11/h3,8H,1H2. The van der Waals surface area contributed by atoms with Gasteiger partial charge in [0.15, 0.2) is 0 Å². The van der Waals surface area contributed by atoms with E-state index in [1.54, 1.807) is 6.07 Å². The minimum absolute atomic E-state index is 0.0267. The van der Waals surface area contributed by atoms with Gasteiger partial charge in [-0.3, -0.25) is 0 Å². The number of rotatable bonds is 3. The quantitative estimate of drug-likeness (QED) is 0.607. The van der Waals surface area contributed by atoms with E-state index in [0.717, 1.165) is 6.07 Å². The molecule has 0 aliphatic heterocycles. The maximum absolute atomic E-state index is 12.4. The van der Waals surface area contributed by atoms with Gasteiger partial charge in [-0.25, -0.2) is 8.78 Å². The molecule has 0 unspecified atom stereocenters. The third kappa shape index (κ3) is 2.41. The SMILES string of the molecule is N#CCc1cc([N+](=O)[O-])nc(C(F)F)c1Cl. The molecule has 1 rings (SSSR count). The lowest BCUT2D eigenvalue weighted by atomic mass is 10.1. The maximum atomic E-state index is 12.4. The average molecular weight is 248 g/mol. The second-order valence-corrected chi connectivity index (χ2v) is 3.11. The lowest BCUT2D eigenvalue weighted by Crippen LogP contribution is -2.01. The highest BCUT2D eigenvalue weighted by Gasteiger charge is 2.25. The molecule has 0 aromatic carbocycles. The van der Waals surface area contributed by atoms with Gasteiger partial charge in [0.2, 0.25) is 5.69 Å². The van der Waals surface area contributed by atoms with Crippen molar-refractivity contribution in [3.05, 3.63) is 32.5 Å². The van der Waals surface area contributed by atoms with Crippen molar-refractivity contribution in [2.24, 2.45) is 0 Å². The van der Waals surface area contributed by atoms with Crippen LogP contribution in [0.25, 0.3) is 0 Å². The normalized spacial score (nSPS) is 10.2. The third-order valence-electron chi connectivity index (χ3n) is 1.71. The number of aromatic nitrogens is 1. The first-order valence-electron chi connectivity index (χ1n) is 3.96. The summed E-state index contributed by atoms with van der Waals surface area (Å²) in [6.45, 7) is 0. The van der Waals surface area contributed by atoms with Crippen LogP contribution in [-0.4, -0.2) is 9.91 Å². The molecule has 1 aromatic heterocycles. The molecule has 0 aliphatic rings. The van der Waals surface area contributed by atoms with Crippen LogP contribution in [0.1, 0.15) is 17.7 Å². The fourth-order valence-electron chi connectivity index (χ4n) is 1.04. The highest BCUT2D eigenvalue weighted by molar-refractivity contribution is 6.32. The molecule has 0 saturated carbocycles. The Bertz CT molecular complexity index is 473. The molecule has 1 aromatic rings. The van der Waals surface area contributed by atoms with Gasteiger partial charge in [0.05, 0.1) is 17.5 Å². The van der Waals surface area contributed by atoms with Crippen molar-refractivity contribution < 1.29 is 13.7 Å². The maximum Gasteiger partial charge on any atom is 0.364 e. The van der Waals surface area contributed by atoms with E-state index in [9.17, 15) is 18.9 Å². The first-order valence-corrected chi connectivity index (χ1v) is 4.34. The van der Waals surface area contributed by atoms with Crippen LogP contribution in [0.5, 0.6) is 0 Å². The van der Waals surface area contributed by atoms with E-state index < -0.39 is 27.9 Å². The number of hydrogen-bond acceptors (Lipinski definition) is 4. The van der Waals surface area contributed by atoms with Gasteiger partial charge >= 0.3 is 12.2 Å². The van der Waals surface area contributed by atoms with E-state index in [1.807, 2.05) is 0 Å². The lowest BCUT2D eigenvalue weighted by Gasteiger charge is -2.02. The Balaban J connectivity index is 3.40. The number of nitro groups is 1. The summed E-state index contributed by atoms with van der Waals surface area (Å²) >= 11 is 5.54. The van der Waals surface area contributed by atoms with Crippen molar-refractivity contribution in [3.63, 3.8) is 0 Å². The van der Waals surface area contributed by atoms with E-state index in [-0.39, 0.29) is 12.0 Å². The summed E-state index contributed by atoms with van der Waals surface area (Å²) in [4.78, 5) is 12.6. The van der Waals surface area contributed by atoms with Gasteiger partial charge < -0.3 is 10.1 Å². The van der Waals surface area contributed by atoms with E-state index in [4.69, 9.17) is 16.9 Å². The first-order chi connectivity index (χ1) is 7.47. The lowest BCUT2D eigenvalue weighted by molar-refractivity contribution is -0.389. The Morgan fingerprint density at radius 3 is 2.75 bits per heavy atom. The highest BCUT2D eigenvalue weighted by atomic mass is 35.5. The van der Waals surface area contributed by atoms with Gasteiger partial charge in [-0.05, 0) is 15.5 Å². The van der Waals surface area contributed by atoms with Gasteiger partial charge in [0.1, 0.15) is 0 Å². The Morgan fingerprint density at radius 2 is 2.31 bits per heavy atom. The summed E-state index contributed by atoms with van der Waals surface area (Å²) in [7, 11) is 0. The zero-order valence-corrected chi connectivity index (χ0v) is 8.41. The minimum Gasteiger partial charge on any atom is -0.358 e. The molecule has 0 saturated heterocycles. The molecule has 5 nitrogen and oxygen atoms in total. The van der Waals surface area contributed by atoms with Crippen LogP contribution in [0.2, 0.25) is 5.02 Å². The molecule has 0 bridgehead atoms. The van der Waals surface area contributed by atoms with Crippen LogP contribution in [0.15, 0.2) is 6.07 Å². The molecular formula is C8H4ClF2N3O2. The molecule has 84 valence electrons. The first kappa shape index (κ1) is 12.3. The molecule has 0 radical (unpaired) electrons. The van der Waals surface area contributed by atoms with Crippen LogP contribution in [0, 0.1) is 21.4 Å². The van der Waals surface area contributed by atoms with Crippen LogP contribution in [0.3, 0.4) is 0 Å². The van der Waals surface area contributed by atoms with Crippen LogP contribution in [-0.2, 0) is 6.42 Å². The Labute approximate surface area is 93.4 Å². The smallest absolute Gasteiger partial charge is 0.358 e. The van der Waals surface area contributed by atoms with E-state index in [1.165, 1.54) is 0 Å². The number of alkyl halides is 2. The molecule has 1 heterocycles. The molecule has 0 fully saturated rings. The monoisotopic (exact) mass is 247 g/mol. The zero-order valence-electron chi connectivity index (χ0n) is 7.65. The molecule has 0 aliphatic carbocycles. The summed E-state index contributed by atoms with van der Waals surface area (Å²) < 4.78 is 24.9. The molecule has 0 spiro atoms. The number of nitriles is 1. The number of pyridine rings is 1. The highest BCUT2D eigenvalue weighted by Crippen LogP contribution is 2.30. The second kappa shape index (κ2) is 4.81. The summed E-state index contributed by atoms with van der Waals surface area (Å²) in [5.41, 5.74) is -0.901. The van der Waals surface area contributed by atoms with Gasteiger partial charge in [0.25, 0.3) is 0 Å². The largest absolute Gasteiger partial charge is 0.364 e. The molecule has 0 amide bonds. The van der Waals surface area contributed by atoms with Crippen molar-refractivity contribution in [1.29, 1.82) is 5.26 Å². The number of hydrogen-bond donors (Lipinski definition) is 0. The summed E-state index contributed by atoms with van der Waals surface area (Å²) in [5.74, 6) is -0.745. The summed E-state index contributed by atoms with van der Waals surface area (Å²) in [6, 6.07) is 2.59. The fraction of sp³-hybridized carbons (Fsp3) is 0.250. The Hall–Kier alpha value is -1.81. The molecule has 0 N–H and O–H groups in total. The van der Waals surface area contributed by atoms with Crippen molar-refractivity contribution in [1.82, 2.24) is 4.98 Å².